The summed E-state index contributed by atoms with van der Waals surface area (Å²) in [5.41, 5.74) is 1.35. The summed E-state index contributed by atoms with van der Waals surface area (Å²) in [4.78, 5) is 2.46. The third-order valence-electron chi connectivity index (χ3n) is 3.47. The van der Waals surface area contributed by atoms with Crippen molar-refractivity contribution in [3.8, 4) is 0 Å². The van der Waals surface area contributed by atoms with Gasteiger partial charge in [0.05, 0.1) is 0 Å². The van der Waals surface area contributed by atoms with Gasteiger partial charge in [0.2, 0.25) is 0 Å². The summed E-state index contributed by atoms with van der Waals surface area (Å²) in [7, 11) is -0.662. The van der Waals surface area contributed by atoms with Crippen LogP contribution in [0, 0.1) is 0 Å². The molecule has 0 bridgehead atoms. The van der Waals surface area contributed by atoms with Crippen LogP contribution in [-0.4, -0.2) is 46.8 Å². The SMILES string of the molecule is CCS(=O)CCN1CCNCC1c1ccccc1. The van der Waals surface area contributed by atoms with Crippen molar-refractivity contribution in [1.29, 1.82) is 0 Å². The summed E-state index contributed by atoms with van der Waals surface area (Å²) < 4.78 is 11.6. The first kappa shape index (κ1) is 13.7. The zero-order valence-corrected chi connectivity index (χ0v) is 11.8. The van der Waals surface area contributed by atoms with Gasteiger partial charge in [0.15, 0.2) is 0 Å². The Hall–Kier alpha value is -0.710. The zero-order valence-electron chi connectivity index (χ0n) is 11.0. The van der Waals surface area contributed by atoms with Crippen molar-refractivity contribution in [2.75, 3.05) is 37.7 Å². The molecule has 1 fully saturated rings. The molecule has 0 spiro atoms. The standard InChI is InChI=1S/C14H22N2OS/c1-2-18(17)11-10-16-9-8-15-12-14(16)13-6-4-3-5-7-13/h3-7,14-15H,2,8-12H2,1H3. The molecule has 2 atom stereocenters. The van der Waals surface area contributed by atoms with Gasteiger partial charge in [-0.25, -0.2) is 0 Å². The van der Waals surface area contributed by atoms with Crippen molar-refractivity contribution >= 4 is 10.8 Å². The molecule has 1 heterocycles. The van der Waals surface area contributed by atoms with Gasteiger partial charge in [0, 0.05) is 54.5 Å². The molecular weight excluding hydrogens is 244 g/mol. The van der Waals surface area contributed by atoms with Gasteiger partial charge in [0.25, 0.3) is 0 Å². The predicted octanol–water partition coefficient (Wildman–Crippen LogP) is 1.40. The lowest BCUT2D eigenvalue weighted by Gasteiger charge is -2.36. The van der Waals surface area contributed by atoms with E-state index in [2.05, 4.69) is 40.5 Å². The molecule has 1 aliphatic rings. The van der Waals surface area contributed by atoms with Crippen LogP contribution in [0.4, 0.5) is 0 Å². The van der Waals surface area contributed by atoms with Crippen LogP contribution in [0.5, 0.6) is 0 Å². The summed E-state index contributed by atoms with van der Waals surface area (Å²) in [5, 5.41) is 3.45. The van der Waals surface area contributed by atoms with Crippen molar-refractivity contribution in [1.82, 2.24) is 10.2 Å². The molecule has 1 aliphatic heterocycles. The molecule has 1 N–H and O–H groups in total. The van der Waals surface area contributed by atoms with E-state index < -0.39 is 10.8 Å². The fourth-order valence-corrected chi connectivity index (χ4v) is 3.11. The van der Waals surface area contributed by atoms with Crippen molar-refractivity contribution in [2.24, 2.45) is 0 Å². The Balaban J connectivity index is 2.00. The second-order valence-corrected chi connectivity index (χ2v) is 6.46. The fraction of sp³-hybridized carbons (Fsp3) is 0.571. The van der Waals surface area contributed by atoms with E-state index in [1.165, 1.54) is 5.56 Å². The highest BCUT2D eigenvalue weighted by molar-refractivity contribution is 7.84. The third kappa shape index (κ3) is 3.64. The molecule has 100 valence electrons. The summed E-state index contributed by atoms with van der Waals surface area (Å²) in [6, 6.07) is 11.0. The Labute approximate surface area is 112 Å². The average molecular weight is 266 g/mol. The number of nitrogens with zero attached hydrogens (tertiary/aromatic N) is 1. The lowest BCUT2D eigenvalue weighted by atomic mass is 10.0. The summed E-state index contributed by atoms with van der Waals surface area (Å²) in [6.45, 7) is 5.98. The molecule has 1 aromatic carbocycles. The number of piperazine rings is 1. The van der Waals surface area contributed by atoms with Gasteiger partial charge in [-0.2, -0.15) is 0 Å². The highest BCUT2D eigenvalue weighted by Crippen LogP contribution is 2.21. The van der Waals surface area contributed by atoms with Gasteiger partial charge in [0.1, 0.15) is 0 Å². The van der Waals surface area contributed by atoms with Crippen molar-refractivity contribution in [3.05, 3.63) is 35.9 Å². The molecule has 2 unspecified atom stereocenters. The number of benzene rings is 1. The molecule has 0 radical (unpaired) electrons. The normalized spacial score (nSPS) is 22.8. The number of hydrogen-bond acceptors (Lipinski definition) is 3. The summed E-state index contributed by atoms with van der Waals surface area (Å²) in [6.07, 6.45) is 0. The van der Waals surface area contributed by atoms with Crippen molar-refractivity contribution < 1.29 is 4.21 Å². The molecule has 3 nitrogen and oxygen atoms in total. The first-order valence-electron chi connectivity index (χ1n) is 6.66. The molecule has 2 rings (SSSR count). The van der Waals surface area contributed by atoms with E-state index in [-0.39, 0.29) is 0 Å². The molecule has 4 heteroatoms. The predicted molar refractivity (Wildman–Crippen MR) is 77.2 cm³/mol. The van der Waals surface area contributed by atoms with Crippen molar-refractivity contribution in [3.63, 3.8) is 0 Å². The average Bonchev–Trinajstić information content (AvgIpc) is 2.46. The quantitative estimate of drug-likeness (QED) is 0.874. The Bertz CT molecular complexity index is 383. The van der Waals surface area contributed by atoms with Crippen molar-refractivity contribution in [2.45, 2.75) is 13.0 Å². The van der Waals surface area contributed by atoms with Gasteiger partial charge in [-0.1, -0.05) is 37.3 Å². The minimum Gasteiger partial charge on any atom is -0.314 e. The summed E-state index contributed by atoms with van der Waals surface area (Å²) >= 11 is 0. The first-order valence-corrected chi connectivity index (χ1v) is 8.14. The van der Waals surface area contributed by atoms with Gasteiger partial charge < -0.3 is 5.32 Å². The summed E-state index contributed by atoms with van der Waals surface area (Å²) in [5.74, 6) is 1.56. The molecular formula is C14H22N2OS. The number of hydrogen-bond donors (Lipinski definition) is 1. The van der Waals surface area contributed by atoms with E-state index in [1.807, 2.05) is 6.92 Å². The van der Waals surface area contributed by atoms with E-state index >= 15 is 0 Å². The number of rotatable bonds is 5. The van der Waals surface area contributed by atoms with Crippen LogP contribution in [0.15, 0.2) is 30.3 Å². The van der Waals surface area contributed by atoms with E-state index in [4.69, 9.17) is 0 Å². The van der Waals surface area contributed by atoms with Crippen LogP contribution >= 0.6 is 0 Å². The first-order chi connectivity index (χ1) is 8.81. The maximum Gasteiger partial charge on any atom is 0.0473 e. The Morgan fingerprint density at radius 3 is 2.89 bits per heavy atom. The van der Waals surface area contributed by atoms with E-state index in [0.29, 0.717) is 6.04 Å². The maximum atomic E-state index is 11.6. The Morgan fingerprint density at radius 2 is 2.17 bits per heavy atom. The highest BCUT2D eigenvalue weighted by atomic mass is 32.2. The van der Waals surface area contributed by atoms with Crippen LogP contribution in [0.3, 0.4) is 0 Å². The molecule has 1 saturated heterocycles. The highest BCUT2D eigenvalue weighted by Gasteiger charge is 2.23. The topological polar surface area (TPSA) is 32.3 Å². The fourth-order valence-electron chi connectivity index (χ4n) is 2.38. The van der Waals surface area contributed by atoms with E-state index in [1.54, 1.807) is 0 Å². The Kier molecular flexibility index (Phi) is 5.35. The van der Waals surface area contributed by atoms with Crippen LogP contribution in [0.25, 0.3) is 0 Å². The molecule has 0 aromatic heterocycles. The lowest BCUT2D eigenvalue weighted by molar-refractivity contribution is 0.172. The molecule has 0 saturated carbocycles. The Morgan fingerprint density at radius 1 is 1.39 bits per heavy atom. The molecule has 0 amide bonds. The van der Waals surface area contributed by atoms with Crippen LogP contribution in [-0.2, 0) is 10.8 Å². The largest absolute Gasteiger partial charge is 0.314 e. The molecule has 1 aromatic rings. The van der Waals surface area contributed by atoms with Gasteiger partial charge in [-0.3, -0.25) is 9.11 Å². The van der Waals surface area contributed by atoms with Crippen LogP contribution < -0.4 is 5.32 Å². The molecule has 18 heavy (non-hydrogen) atoms. The second kappa shape index (κ2) is 7.02. The van der Waals surface area contributed by atoms with E-state index in [9.17, 15) is 4.21 Å². The zero-order chi connectivity index (χ0) is 12.8. The maximum absolute atomic E-state index is 11.6. The lowest BCUT2D eigenvalue weighted by Crippen LogP contribution is -2.47. The smallest absolute Gasteiger partial charge is 0.0473 e. The number of nitrogens with one attached hydrogen (secondary N) is 1. The third-order valence-corrected chi connectivity index (χ3v) is 4.75. The van der Waals surface area contributed by atoms with Gasteiger partial charge in [-0.15, -0.1) is 0 Å². The van der Waals surface area contributed by atoms with E-state index in [0.717, 1.165) is 37.7 Å². The van der Waals surface area contributed by atoms with Gasteiger partial charge >= 0.3 is 0 Å². The minimum atomic E-state index is -0.662. The van der Waals surface area contributed by atoms with Crippen LogP contribution in [0.1, 0.15) is 18.5 Å². The van der Waals surface area contributed by atoms with Crippen LogP contribution in [0.2, 0.25) is 0 Å². The monoisotopic (exact) mass is 266 g/mol. The second-order valence-electron chi connectivity index (χ2n) is 4.60. The molecule has 0 aliphatic carbocycles. The minimum absolute atomic E-state index is 0.425. The van der Waals surface area contributed by atoms with Gasteiger partial charge in [-0.05, 0) is 5.56 Å².